The van der Waals surface area contributed by atoms with Gasteiger partial charge in [0.1, 0.15) is 10.6 Å². The van der Waals surface area contributed by atoms with Crippen LogP contribution in [0.4, 0.5) is 10.8 Å². The summed E-state index contributed by atoms with van der Waals surface area (Å²) >= 11 is 1.09. The molecule has 0 atom stereocenters. The Morgan fingerprint density at radius 1 is 1.56 bits per heavy atom. The molecule has 0 bridgehead atoms. The number of carbonyl (C=O) groups is 1. The average molecular weight is 268 g/mol. The number of anilines is 2. The van der Waals surface area contributed by atoms with Crippen LogP contribution in [-0.4, -0.2) is 27.0 Å². The molecule has 0 fully saturated rings. The van der Waals surface area contributed by atoms with Crippen LogP contribution in [0.3, 0.4) is 0 Å². The molecule has 2 rings (SSSR count). The minimum absolute atomic E-state index is 0.144. The van der Waals surface area contributed by atoms with Crippen LogP contribution in [0.5, 0.6) is 0 Å². The van der Waals surface area contributed by atoms with E-state index in [1.807, 2.05) is 0 Å². The van der Waals surface area contributed by atoms with E-state index in [9.17, 15) is 4.79 Å². The molecule has 96 valence electrons. The summed E-state index contributed by atoms with van der Waals surface area (Å²) in [6.07, 6.45) is 0.563. The van der Waals surface area contributed by atoms with Gasteiger partial charge in [0.05, 0.1) is 0 Å². The Morgan fingerprint density at radius 3 is 2.94 bits per heavy atom. The number of nitrogen functional groups attached to an aromatic ring is 1. The van der Waals surface area contributed by atoms with Gasteiger partial charge in [0.2, 0.25) is 5.89 Å². The van der Waals surface area contributed by atoms with Gasteiger partial charge >= 0.3 is 0 Å². The first kappa shape index (κ1) is 12.3. The molecule has 2 heterocycles. The number of hydrogen-bond donors (Lipinski definition) is 3. The molecule has 0 aliphatic carbocycles. The van der Waals surface area contributed by atoms with Crippen LogP contribution in [0.1, 0.15) is 22.1 Å². The van der Waals surface area contributed by atoms with E-state index in [0.29, 0.717) is 29.7 Å². The molecule has 2 aromatic rings. The number of primary amides is 1. The Bertz CT molecular complexity index is 563. The van der Waals surface area contributed by atoms with Crippen molar-refractivity contribution in [3.63, 3.8) is 0 Å². The highest BCUT2D eigenvalue weighted by Crippen LogP contribution is 2.25. The Labute approximate surface area is 107 Å². The summed E-state index contributed by atoms with van der Waals surface area (Å²) in [7, 11) is 0. The third-order valence-electron chi connectivity index (χ3n) is 2.17. The minimum Gasteiger partial charge on any atom is -0.382 e. The highest BCUT2D eigenvalue weighted by Gasteiger charge is 2.16. The van der Waals surface area contributed by atoms with Crippen LogP contribution in [0.2, 0.25) is 0 Å². The molecule has 8 nitrogen and oxygen atoms in total. The maximum absolute atomic E-state index is 11.2. The van der Waals surface area contributed by atoms with Gasteiger partial charge in [-0.25, -0.2) is 0 Å². The predicted molar refractivity (Wildman–Crippen MR) is 66.3 cm³/mol. The normalized spacial score (nSPS) is 10.5. The maximum atomic E-state index is 11.2. The van der Waals surface area contributed by atoms with Crippen LogP contribution in [0, 0.1) is 6.92 Å². The van der Waals surface area contributed by atoms with Crippen molar-refractivity contribution >= 4 is 28.3 Å². The number of carbonyl (C=O) groups excluding carboxylic acids is 1. The molecule has 0 radical (unpaired) electrons. The minimum atomic E-state index is -0.598. The highest BCUT2D eigenvalue weighted by molar-refractivity contribution is 7.11. The summed E-state index contributed by atoms with van der Waals surface area (Å²) in [5.74, 6) is 0.660. The molecule has 9 heteroatoms. The van der Waals surface area contributed by atoms with Crippen molar-refractivity contribution in [1.82, 2.24) is 14.5 Å². The fourth-order valence-electron chi connectivity index (χ4n) is 1.39. The lowest BCUT2D eigenvalue weighted by Gasteiger charge is -2.02. The van der Waals surface area contributed by atoms with Gasteiger partial charge in [-0.2, -0.15) is 9.36 Å². The van der Waals surface area contributed by atoms with Gasteiger partial charge in [-0.15, -0.1) is 0 Å². The van der Waals surface area contributed by atoms with Gasteiger partial charge in [-0.05, 0) is 11.5 Å². The molecule has 2 aromatic heterocycles. The Balaban J connectivity index is 1.96. The van der Waals surface area contributed by atoms with Crippen molar-refractivity contribution in [3.8, 4) is 0 Å². The van der Waals surface area contributed by atoms with Crippen molar-refractivity contribution in [2.24, 2.45) is 5.73 Å². The number of aromatic nitrogens is 3. The molecule has 0 unspecified atom stereocenters. The van der Waals surface area contributed by atoms with Gasteiger partial charge in [0.25, 0.3) is 5.91 Å². The van der Waals surface area contributed by atoms with Crippen molar-refractivity contribution in [1.29, 1.82) is 0 Å². The largest absolute Gasteiger partial charge is 0.382 e. The van der Waals surface area contributed by atoms with E-state index in [4.69, 9.17) is 16.0 Å². The number of aryl methyl sites for hydroxylation is 1. The van der Waals surface area contributed by atoms with E-state index in [2.05, 4.69) is 19.8 Å². The van der Waals surface area contributed by atoms with Crippen LogP contribution in [0.25, 0.3) is 0 Å². The smallest absolute Gasteiger partial charge is 0.255 e. The topological polar surface area (TPSA) is 133 Å². The molecular weight excluding hydrogens is 256 g/mol. The lowest BCUT2D eigenvalue weighted by Crippen LogP contribution is -2.15. The van der Waals surface area contributed by atoms with Crippen LogP contribution in [-0.2, 0) is 6.42 Å². The zero-order chi connectivity index (χ0) is 13.1. The summed E-state index contributed by atoms with van der Waals surface area (Å²) < 4.78 is 8.71. The molecule has 0 spiro atoms. The summed E-state index contributed by atoms with van der Waals surface area (Å²) in [4.78, 5) is 15.2. The molecule has 0 aliphatic heterocycles. The quantitative estimate of drug-likeness (QED) is 0.703. The van der Waals surface area contributed by atoms with E-state index in [1.54, 1.807) is 6.92 Å². The molecule has 18 heavy (non-hydrogen) atoms. The molecule has 0 aromatic carbocycles. The Kier molecular flexibility index (Phi) is 3.42. The van der Waals surface area contributed by atoms with E-state index >= 15 is 0 Å². The van der Waals surface area contributed by atoms with Gasteiger partial charge in [-0.3, -0.25) is 4.79 Å². The summed E-state index contributed by atoms with van der Waals surface area (Å²) in [6.45, 7) is 2.25. The third kappa shape index (κ3) is 2.56. The molecule has 0 saturated heterocycles. The first-order valence-electron chi connectivity index (χ1n) is 5.16. The second-order valence-corrected chi connectivity index (χ2v) is 4.32. The third-order valence-corrected chi connectivity index (χ3v) is 2.99. The fraction of sp³-hybridized carbons (Fsp3) is 0.333. The Morgan fingerprint density at radius 2 is 2.33 bits per heavy atom. The van der Waals surface area contributed by atoms with Gasteiger partial charge in [0, 0.05) is 19.9 Å². The van der Waals surface area contributed by atoms with E-state index in [1.165, 1.54) is 0 Å². The number of nitrogens with zero attached hydrogens (tertiary/aromatic N) is 3. The van der Waals surface area contributed by atoms with E-state index < -0.39 is 5.91 Å². The van der Waals surface area contributed by atoms with Crippen LogP contribution in [0.15, 0.2) is 4.52 Å². The van der Waals surface area contributed by atoms with Crippen molar-refractivity contribution in [2.75, 3.05) is 17.6 Å². The average Bonchev–Trinajstić information content (AvgIpc) is 2.86. The summed E-state index contributed by atoms with van der Waals surface area (Å²) in [6, 6.07) is 0. The maximum Gasteiger partial charge on any atom is 0.255 e. The number of rotatable bonds is 5. The molecular formula is C9H12N6O2S. The molecule has 0 saturated carbocycles. The van der Waals surface area contributed by atoms with Crippen LogP contribution >= 0.6 is 11.5 Å². The van der Waals surface area contributed by atoms with Crippen molar-refractivity contribution in [3.05, 3.63) is 17.3 Å². The van der Waals surface area contributed by atoms with E-state index in [-0.39, 0.29) is 11.4 Å². The SMILES string of the molecule is Cc1nc(CCNc2snc(N)c2C(N)=O)no1. The van der Waals surface area contributed by atoms with Gasteiger partial charge in [0.15, 0.2) is 11.6 Å². The zero-order valence-corrected chi connectivity index (χ0v) is 10.5. The molecule has 0 aliphatic rings. The van der Waals surface area contributed by atoms with Crippen molar-refractivity contribution < 1.29 is 9.32 Å². The highest BCUT2D eigenvalue weighted by atomic mass is 32.1. The second-order valence-electron chi connectivity index (χ2n) is 3.54. The summed E-state index contributed by atoms with van der Waals surface area (Å²) in [5, 5.41) is 7.34. The van der Waals surface area contributed by atoms with Crippen LogP contribution < -0.4 is 16.8 Å². The number of hydrogen-bond acceptors (Lipinski definition) is 8. The second kappa shape index (κ2) is 5.00. The lowest BCUT2D eigenvalue weighted by atomic mass is 10.3. The number of nitrogens with one attached hydrogen (secondary N) is 1. The first-order valence-corrected chi connectivity index (χ1v) is 5.93. The van der Waals surface area contributed by atoms with Gasteiger partial charge < -0.3 is 21.3 Å². The van der Waals surface area contributed by atoms with Gasteiger partial charge in [-0.1, -0.05) is 5.16 Å². The Hall–Kier alpha value is -2.16. The first-order chi connectivity index (χ1) is 8.58. The molecule has 1 amide bonds. The lowest BCUT2D eigenvalue weighted by molar-refractivity contribution is 0.100. The number of amides is 1. The number of nitrogens with two attached hydrogens (primary N) is 2. The fourth-order valence-corrected chi connectivity index (χ4v) is 2.14. The van der Waals surface area contributed by atoms with Crippen molar-refractivity contribution in [2.45, 2.75) is 13.3 Å². The zero-order valence-electron chi connectivity index (χ0n) is 9.64. The van der Waals surface area contributed by atoms with E-state index in [0.717, 1.165) is 11.5 Å². The monoisotopic (exact) mass is 268 g/mol. The molecule has 5 N–H and O–H groups in total. The standard InChI is InChI=1S/C9H12N6O2S/c1-4-13-5(14-17-4)2-3-12-9-6(8(11)16)7(10)15-18-9/h12H,2-3H2,1H3,(H2,10,15)(H2,11,16). The summed E-state index contributed by atoms with van der Waals surface area (Å²) in [5.41, 5.74) is 11.0. The predicted octanol–water partition coefficient (Wildman–Crippen LogP) is 0.170.